The number of urea groups is 1. The summed E-state index contributed by atoms with van der Waals surface area (Å²) in [7, 11) is 0. The number of rotatable bonds is 5. The van der Waals surface area contributed by atoms with Gasteiger partial charge in [0, 0.05) is 25.3 Å². The standard InChI is InChI=1S/C14H18F2N2O2/c15-11-3-4-13(16)10(8-11)9-18-14(19)17-6-5-12-2-1-7-20-12/h3-4,8,12H,1-2,5-7,9H2,(H2,17,18,19)/t12-/m0/s1. The molecule has 110 valence electrons. The van der Waals surface area contributed by atoms with Crippen LogP contribution >= 0.6 is 0 Å². The van der Waals surface area contributed by atoms with Crippen LogP contribution in [-0.4, -0.2) is 25.3 Å². The molecule has 1 atom stereocenters. The van der Waals surface area contributed by atoms with E-state index in [4.69, 9.17) is 4.74 Å². The fourth-order valence-electron chi connectivity index (χ4n) is 2.14. The maximum absolute atomic E-state index is 13.3. The monoisotopic (exact) mass is 284 g/mol. The lowest BCUT2D eigenvalue weighted by atomic mass is 10.2. The summed E-state index contributed by atoms with van der Waals surface area (Å²) in [5.74, 6) is -1.06. The molecule has 0 aromatic heterocycles. The molecular formula is C14H18F2N2O2. The third kappa shape index (κ3) is 4.45. The molecule has 1 saturated heterocycles. The average Bonchev–Trinajstić information content (AvgIpc) is 2.93. The lowest BCUT2D eigenvalue weighted by Crippen LogP contribution is -2.36. The first-order chi connectivity index (χ1) is 9.65. The van der Waals surface area contributed by atoms with Gasteiger partial charge in [0.25, 0.3) is 0 Å². The lowest BCUT2D eigenvalue weighted by Gasteiger charge is -2.11. The number of benzene rings is 1. The van der Waals surface area contributed by atoms with Crippen LogP contribution in [0.1, 0.15) is 24.8 Å². The number of amides is 2. The Labute approximate surface area is 116 Å². The van der Waals surface area contributed by atoms with Crippen LogP contribution in [0.2, 0.25) is 0 Å². The third-order valence-corrected chi connectivity index (χ3v) is 3.22. The Morgan fingerprint density at radius 1 is 1.35 bits per heavy atom. The van der Waals surface area contributed by atoms with Gasteiger partial charge in [0.1, 0.15) is 11.6 Å². The van der Waals surface area contributed by atoms with Gasteiger partial charge in [-0.1, -0.05) is 0 Å². The molecular weight excluding hydrogens is 266 g/mol. The summed E-state index contributed by atoms with van der Waals surface area (Å²) in [4.78, 5) is 11.5. The molecule has 0 saturated carbocycles. The van der Waals surface area contributed by atoms with E-state index in [-0.39, 0.29) is 18.2 Å². The molecule has 0 spiro atoms. The average molecular weight is 284 g/mol. The van der Waals surface area contributed by atoms with Gasteiger partial charge in [0.05, 0.1) is 6.10 Å². The zero-order valence-electron chi connectivity index (χ0n) is 11.1. The number of nitrogens with one attached hydrogen (secondary N) is 2. The van der Waals surface area contributed by atoms with Crippen molar-refractivity contribution in [1.29, 1.82) is 0 Å². The van der Waals surface area contributed by atoms with Crippen LogP contribution in [0.4, 0.5) is 13.6 Å². The number of carbonyl (C=O) groups is 1. The van der Waals surface area contributed by atoms with E-state index in [0.717, 1.165) is 44.1 Å². The van der Waals surface area contributed by atoms with E-state index in [0.29, 0.717) is 6.54 Å². The molecule has 1 aromatic rings. The van der Waals surface area contributed by atoms with Crippen LogP contribution < -0.4 is 10.6 Å². The molecule has 0 aliphatic carbocycles. The van der Waals surface area contributed by atoms with E-state index < -0.39 is 17.7 Å². The maximum Gasteiger partial charge on any atom is 0.315 e. The third-order valence-electron chi connectivity index (χ3n) is 3.22. The minimum absolute atomic E-state index is 0.0463. The predicted molar refractivity (Wildman–Crippen MR) is 70.2 cm³/mol. The highest BCUT2D eigenvalue weighted by Gasteiger charge is 2.15. The molecule has 20 heavy (non-hydrogen) atoms. The van der Waals surface area contributed by atoms with Crippen molar-refractivity contribution < 1.29 is 18.3 Å². The van der Waals surface area contributed by atoms with Crippen molar-refractivity contribution in [2.24, 2.45) is 0 Å². The highest BCUT2D eigenvalue weighted by Crippen LogP contribution is 2.14. The van der Waals surface area contributed by atoms with Crippen molar-refractivity contribution >= 4 is 6.03 Å². The normalized spacial score (nSPS) is 18.0. The minimum atomic E-state index is -0.536. The maximum atomic E-state index is 13.3. The first kappa shape index (κ1) is 14.7. The second kappa shape index (κ2) is 7.19. The molecule has 0 unspecified atom stereocenters. The molecule has 1 aliphatic heterocycles. The largest absolute Gasteiger partial charge is 0.378 e. The van der Waals surface area contributed by atoms with Crippen molar-refractivity contribution in [1.82, 2.24) is 10.6 Å². The molecule has 1 aromatic carbocycles. The first-order valence-electron chi connectivity index (χ1n) is 6.72. The molecule has 1 fully saturated rings. The summed E-state index contributed by atoms with van der Waals surface area (Å²) in [5.41, 5.74) is 0.124. The molecule has 2 rings (SSSR count). The van der Waals surface area contributed by atoms with Gasteiger partial charge in [0.15, 0.2) is 0 Å². The topological polar surface area (TPSA) is 50.4 Å². The summed E-state index contributed by atoms with van der Waals surface area (Å²) < 4.78 is 31.7. The smallest absolute Gasteiger partial charge is 0.315 e. The second-order valence-electron chi connectivity index (χ2n) is 4.77. The number of ether oxygens (including phenoxy) is 1. The van der Waals surface area contributed by atoms with E-state index in [1.54, 1.807) is 0 Å². The molecule has 0 radical (unpaired) electrons. The fourth-order valence-corrected chi connectivity index (χ4v) is 2.14. The number of halogens is 2. The first-order valence-corrected chi connectivity index (χ1v) is 6.72. The van der Waals surface area contributed by atoms with Crippen LogP contribution in [0.5, 0.6) is 0 Å². The van der Waals surface area contributed by atoms with Crippen LogP contribution in [0.25, 0.3) is 0 Å². The molecule has 1 aliphatic rings. The minimum Gasteiger partial charge on any atom is -0.378 e. The Morgan fingerprint density at radius 2 is 2.20 bits per heavy atom. The summed E-state index contributed by atoms with van der Waals surface area (Å²) in [6.07, 6.45) is 3.07. The van der Waals surface area contributed by atoms with Gasteiger partial charge in [-0.05, 0) is 37.5 Å². The van der Waals surface area contributed by atoms with Crippen LogP contribution in [0.15, 0.2) is 18.2 Å². The fraction of sp³-hybridized carbons (Fsp3) is 0.500. The Balaban J connectivity index is 1.67. The number of carbonyl (C=O) groups excluding carboxylic acids is 1. The molecule has 2 N–H and O–H groups in total. The van der Waals surface area contributed by atoms with Gasteiger partial charge in [-0.2, -0.15) is 0 Å². The van der Waals surface area contributed by atoms with Gasteiger partial charge in [-0.3, -0.25) is 0 Å². The summed E-state index contributed by atoms with van der Waals surface area (Å²) in [6, 6.07) is 2.76. The van der Waals surface area contributed by atoms with Crippen LogP contribution in [0, 0.1) is 11.6 Å². The molecule has 4 nitrogen and oxygen atoms in total. The van der Waals surface area contributed by atoms with Crippen molar-refractivity contribution in [3.63, 3.8) is 0 Å². The van der Waals surface area contributed by atoms with Gasteiger partial charge in [0.2, 0.25) is 0 Å². The predicted octanol–water partition coefficient (Wildman–Crippen LogP) is 2.33. The number of hydrogen-bond donors (Lipinski definition) is 2. The van der Waals surface area contributed by atoms with E-state index in [1.807, 2.05) is 0 Å². The molecule has 1 heterocycles. The molecule has 6 heteroatoms. The summed E-state index contributed by atoms with van der Waals surface area (Å²) >= 11 is 0. The Morgan fingerprint density at radius 3 is 2.95 bits per heavy atom. The van der Waals surface area contributed by atoms with E-state index in [2.05, 4.69) is 10.6 Å². The highest BCUT2D eigenvalue weighted by atomic mass is 19.1. The SMILES string of the molecule is O=C(NCC[C@@H]1CCCO1)NCc1cc(F)ccc1F. The van der Waals surface area contributed by atoms with Crippen molar-refractivity contribution in [3.8, 4) is 0 Å². The van der Waals surface area contributed by atoms with E-state index in [9.17, 15) is 13.6 Å². The number of hydrogen-bond acceptors (Lipinski definition) is 2. The Kier molecular flexibility index (Phi) is 5.29. The second-order valence-corrected chi connectivity index (χ2v) is 4.77. The Bertz CT molecular complexity index is 462. The van der Waals surface area contributed by atoms with Crippen molar-refractivity contribution in [2.75, 3.05) is 13.2 Å². The quantitative estimate of drug-likeness (QED) is 0.872. The van der Waals surface area contributed by atoms with Gasteiger partial charge in [-0.15, -0.1) is 0 Å². The van der Waals surface area contributed by atoms with Crippen LogP contribution in [-0.2, 0) is 11.3 Å². The van der Waals surface area contributed by atoms with E-state index in [1.165, 1.54) is 0 Å². The summed E-state index contributed by atoms with van der Waals surface area (Å²) in [6.45, 7) is 1.24. The zero-order chi connectivity index (χ0) is 14.4. The van der Waals surface area contributed by atoms with Gasteiger partial charge < -0.3 is 15.4 Å². The zero-order valence-corrected chi connectivity index (χ0v) is 11.1. The molecule has 0 bridgehead atoms. The summed E-state index contributed by atoms with van der Waals surface area (Å²) in [5, 5.41) is 5.16. The van der Waals surface area contributed by atoms with Crippen LogP contribution in [0.3, 0.4) is 0 Å². The van der Waals surface area contributed by atoms with Gasteiger partial charge in [-0.25, -0.2) is 13.6 Å². The highest BCUT2D eigenvalue weighted by molar-refractivity contribution is 5.73. The lowest BCUT2D eigenvalue weighted by molar-refractivity contribution is 0.104. The molecule has 2 amide bonds. The van der Waals surface area contributed by atoms with Gasteiger partial charge >= 0.3 is 6.03 Å². The van der Waals surface area contributed by atoms with Crippen molar-refractivity contribution in [2.45, 2.75) is 31.9 Å². The Hall–Kier alpha value is -1.69. The van der Waals surface area contributed by atoms with E-state index >= 15 is 0 Å². The van der Waals surface area contributed by atoms with Crippen molar-refractivity contribution in [3.05, 3.63) is 35.4 Å².